The quantitative estimate of drug-likeness (QED) is 0.650. The van der Waals surface area contributed by atoms with Gasteiger partial charge >= 0.3 is 0 Å². The minimum atomic E-state index is -0.471. The lowest BCUT2D eigenvalue weighted by Crippen LogP contribution is -2.30. The average molecular weight is 328 g/mol. The highest BCUT2D eigenvalue weighted by atomic mass is 16.6. The van der Waals surface area contributed by atoms with Crippen LogP contribution in [0, 0.1) is 10.1 Å². The zero-order valence-corrected chi connectivity index (χ0v) is 13.9. The number of hydrogen-bond acceptors (Lipinski definition) is 5. The van der Waals surface area contributed by atoms with Gasteiger partial charge < -0.3 is 10.2 Å². The van der Waals surface area contributed by atoms with Crippen molar-refractivity contribution in [3.8, 4) is 0 Å². The van der Waals surface area contributed by atoms with Crippen LogP contribution in [0.5, 0.6) is 0 Å². The lowest BCUT2D eigenvalue weighted by Gasteiger charge is -2.19. The van der Waals surface area contributed by atoms with Gasteiger partial charge in [-0.25, -0.2) is 0 Å². The Labute approximate surface area is 140 Å². The molecule has 0 aliphatic heterocycles. The average Bonchev–Trinajstić information content (AvgIpc) is 2.54. The Hall–Kier alpha value is -2.96. The number of hydrogen-bond donors (Lipinski definition) is 1. The van der Waals surface area contributed by atoms with Crippen LogP contribution >= 0.6 is 0 Å². The number of nitro benzene ring substituents is 1. The number of pyridine rings is 1. The number of aromatic nitrogens is 1. The van der Waals surface area contributed by atoms with Crippen LogP contribution in [0.25, 0.3) is 0 Å². The van der Waals surface area contributed by atoms with Crippen LogP contribution in [-0.4, -0.2) is 28.9 Å². The third kappa shape index (κ3) is 4.28. The highest BCUT2D eigenvalue weighted by molar-refractivity contribution is 5.95. The molecule has 0 unspecified atom stereocenters. The third-order valence-electron chi connectivity index (χ3n) is 3.41. The molecule has 0 saturated carbocycles. The fourth-order valence-electron chi connectivity index (χ4n) is 2.33. The first-order valence-electron chi connectivity index (χ1n) is 7.58. The zero-order chi connectivity index (χ0) is 17.7. The van der Waals surface area contributed by atoms with Gasteiger partial charge in [-0.3, -0.25) is 19.9 Å². The molecular formula is C17H20N4O3. The van der Waals surface area contributed by atoms with Crippen molar-refractivity contribution in [3.63, 3.8) is 0 Å². The number of nitro groups is 1. The predicted molar refractivity (Wildman–Crippen MR) is 92.0 cm³/mol. The maximum atomic E-state index is 12.0. The molecule has 7 heteroatoms. The van der Waals surface area contributed by atoms with Crippen LogP contribution in [0.15, 0.2) is 42.7 Å². The zero-order valence-electron chi connectivity index (χ0n) is 13.9. The summed E-state index contributed by atoms with van der Waals surface area (Å²) in [5, 5.41) is 14.1. The summed E-state index contributed by atoms with van der Waals surface area (Å²) in [7, 11) is 1.77. The Balaban J connectivity index is 2.29. The Kier molecular flexibility index (Phi) is 5.47. The first-order chi connectivity index (χ1) is 11.4. The van der Waals surface area contributed by atoms with Gasteiger partial charge in [0.1, 0.15) is 5.69 Å². The molecule has 1 heterocycles. The van der Waals surface area contributed by atoms with Gasteiger partial charge in [0.05, 0.1) is 4.92 Å². The fraction of sp³-hybridized carbons (Fsp3) is 0.294. The molecule has 126 valence electrons. The Morgan fingerprint density at radius 3 is 2.71 bits per heavy atom. The first kappa shape index (κ1) is 17.4. The van der Waals surface area contributed by atoms with Crippen LogP contribution in [0.2, 0.25) is 0 Å². The number of carbonyl (C=O) groups is 1. The molecule has 0 bridgehead atoms. The third-order valence-corrected chi connectivity index (χ3v) is 3.41. The van der Waals surface area contributed by atoms with Crippen molar-refractivity contribution in [3.05, 3.63) is 64.0 Å². The maximum Gasteiger partial charge on any atom is 0.293 e. The molecule has 0 fully saturated rings. The molecule has 24 heavy (non-hydrogen) atoms. The smallest absolute Gasteiger partial charge is 0.293 e. The second-order valence-corrected chi connectivity index (χ2v) is 5.81. The number of rotatable bonds is 6. The van der Waals surface area contributed by atoms with Crippen molar-refractivity contribution in [1.29, 1.82) is 0 Å². The molecule has 0 spiro atoms. The fourth-order valence-corrected chi connectivity index (χ4v) is 2.33. The van der Waals surface area contributed by atoms with Crippen LogP contribution in [-0.2, 0) is 6.54 Å². The monoisotopic (exact) mass is 328 g/mol. The minimum absolute atomic E-state index is 0.0375. The second-order valence-electron chi connectivity index (χ2n) is 5.81. The topological polar surface area (TPSA) is 88.4 Å². The van der Waals surface area contributed by atoms with Crippen molar-refractivity contribution >= 4 is 17.3 Å². The maximum absolute atomic E-state index is 12.0. The van der Waals surface area contributed by atoms with E-state index in [0.29, 0.717) is 12.2 Å². The lowest BCUT2D eigenvalue weighted by molar-refractivity contribution is -0.384. The lowest BCUT2D eigenvalue weighted by atomic mass is 10.1. The SMILES string of the molecule is CC(C)NC(=O)c1ccc(N(C)Cc2cccnc2)c([N+](=O)[O-])c1. The van der Waals surface area contributed by atoms with E-state index in [1.807, 2.05) is 26.0 Å². The number of anilines is 1. The van der Waals surface area contributed by atoms with E-state index < -0.39 is 4.92 Å². The first-order valence-corrected chi connectivity index (χ1v) is 7.58. The van der Waals surface area contributed by atoms with E-state index in [1.54, 1.807) is 36.5 Å². The summed E-state index contributed by atoms with van der Waals surface area (Å²) in [6, 6.07) is 8.19. The summed E-state index contributed by atoms with van der Waals surface area (Å²) in [4.78, 5) is 28.8. The molecule has 7 nitrogen and oxygen atoms in total. The van der Waals surface area contributed by atoms with Gasteiger partial charge in [0.25, 0.3) is 11.6 Å². The van der Waals surface area contributed by atoms with Crippen molar-refractivity contribution in [1.82, 2.24) is 10.3 Å². The molecule has 0 aliphatic rings. The second kappa shape index (κ2) is 7.54. The van der Waals surface area contributed by atoms with Crippen LogP contribution < -0.4 is 10.2 Å². The van der Waals surface area contributed by atoms with Crippen molar-refractivity contribution in [2.45, 2.75) is 26.4 Å². The molecular weight excluding hydrogens is 308 g/mol. The Bertz CT molecular complexity index is 732. The van der Waals surface area contributed by atoms with Crippen molar-refractivity contribution < 1.29 is 9.72 Å². The number of benzene rings is 1. The van der Waals surface area contributed by atoms with Crippen molar-refractivity contribution in [2.75, 3.05) is 11.9 Å². The van der Waals surface area contributed by atoms with E-state index >= 15 is 0 Å². The van der Waals surface area contributed by atoms with Gasteiger partial charge in [0.15, 0.2) is 0 Å². The summed E-state index contributed by atoms with van der Waals surface area (Å²) in [6.45, 7) is 4.15. The van der Waals surface area contributed by atoms with E-state index in [0.717, 1.165) is 5.56 Å². The van der Waals surface area contributed by atoms with E-state index in [-0.39, 0.29) is 23.2 Å². The molecule has 0 aliphatic carbocycles. The van der Waals surface area contributed by atoms with Gasteiger partial charge in [-0.1, -0.05) is 6.07 Å². The van der Waals surface area contributed by atoms with E-state index in [2.05, 4.69) is 10.3 Å². The number of nitrogens with zero attached hydrogens (tertiary/aromatic N) is 3. The summed E-state index contributed by atoms with van der Waals surface area (Å²) in [5.74, 6) is -0.324. The van der Waals surface area contributed by atoms with E-state index in [4.69, 9.17) is 0 Å². The summed E-state index contributed by atoms with van der Waals surface area (Å²) < 4.78 is 0. The summed E-state index contributed by atoms with van der Waals surface area (Å²) >= 11 is 0. The van der Waals surface area contributed by atoms with Gasteiger partial charge in [0.2, 0.25) is 0 Å². The van der Waals surface area contributed by atoms with Crippen LogP contribution in [0.4, 0.5) is 11.4 Å². The molecule has 1 aromatic carbocycles. The molecule has 0 saturated heterocycles. The normalized spacial score (nSPS) is 10.5. The van der Waals surface area contributed by atoms with E-state index in [9.17, 15) is 14.9 Å². The number of nitrogens with one attached hydrogen (secondary N) is 1. The molecule has 0 radical (unpaired) electrons. The molecule has 2 aromatic rings. The van der Waals surface area contributed by atoms with Gasteiger partial charge in [-0.05, 0) is 37.6 Å². The molecule has 1 amide bonds. The Morgan fingerprint density at radius 1 is 1.38 bits per heavy atom. The highest BCUT2D eigenvalue weighted by Crippen LogP contribution is 2.29. The van der Waals surface area contributed by atoms with Gasteiger partial charge in [0, 0.05) is 43.7 Å². The largest absolute Gasteiger partial charge is 0.365 e. The number of amides is 1. The molecule has 1 N–H and O–H groups in total. The van der Waals surface area contributed by atoms with Crippen molar-refractivity contribution in [2.24, 2.45) is 0 Å². The minimum Gasteiger partial charge on any atom is -0.365 e. The molecule has 1 aromatic heterocycles. The standard InChI is InChI=1S/C17H20N4O3/c1-12(2)19-17(22)14-6-7-15(16(9-14)21(23)24)20(3)11-13-5-4-8-18-10-13/h4-10,12H,11H2,1-3H3,(H,19,22). The van der Waals surface area contributed by atoms with Crippen LogP contribution in [0.3, 0.4) is 0 Å². The molecule has 0 atom stereocenters. The Morgan fingerprint density at radius 2 is 2.12 bits per heavy atom. The molecule has 2 rings (SSSR count). The van der Waals surface area contributed by atoms with E-state index in [1.165, 1.54) is 6.07 Å². The van der Waals surface area contributed by atoms with Crippen LogP contribution in [0.1, 0.15) is 29.8 Å². The van der Waals surface area contributed by atoms with Gasteiger partial charge in [-0.2, -0.15) is 0 Å². The highest BCUT2D eigenvalue weighted by Gasteiger charge is 2.20. The number of carbonyl (C=O) groups excluding carboxylic acids is 1. The summed E-state index contributed by atoms with van der Waals surface area (Å²) in [5.41, 5.74) is 1.56. The van der Waals surface area contributed by atoms with Gasteiger partial charge in [-0.15, -0.1) is 0 Å². The summed E-state index contributed by atoms with van der Waals surface area (Å²) in [6.07, 6.45) is 3.39. The predicted octanol–water partition coefficient (Wildman–Crippen LogP) is 2.76.